The fourth-order valence-electron chi connectivity index (χ4n) is 1.66. The number of rotatable bonds is 4. The monoisotopic (exact) mass is 294 g/mol. The van der Waals surface area contributed by atoms with Gasteiger partial charge < -0.3 is 9.30 Å². The van der Waals surface area contributed by atoms with Crippen LogP contribution in [-0.4, -0.2) is 9.55 Å². The molecule has 90 valence electrons. The molecule has 0 aliphatic rings. The van der Waals surface area contributed by atoms with Crippen LogP contribution in [0.25, 0.3) is 0 Å². The minimum atomic E-state index is 0.489. The minimum Gasteiger partial charge on any atom is -0.486 e. The van der Waals surface area contributed by atoms with Gasteiger partial charge in [-0.1, -0.05) is 12.1 Å². The summed E-state index contributed by atoms with van der Waals surface area (Å²) in [5.74, 6) is 1.81. The molecule has 0 saturated heterocycles. The Morgan fingerprint density at radius 1 is 1.41 bits per heavy atom. The SMILES string of the molecule is CCn1cc(Br)nc1COc1cccc(C)c1. The van der Waals surface area contributed by atoms with E-state index in [-0.39, 0.29) is 0 Å². The van der Waals surface area contributed by atoms with Crippen molar-refractivity contribution in [1.82, 2.24) is 9.55 Å². The van der Waals surface area contributed by atoms with E-state index < -0.39 is 0 Å². The van der Waals surface area contributed by atoms with Crippen molar-refractivity contribution in [3.05, 3.63) is 46.5 Å². The molecular weight excluding hydrogens is 280 g/mol. The van der Waals surface area contributed by atoms with Gasteiger partial charge in [0, 0.05) is 12.7 Å². The van der Waals surface area contributed by atoms with Crippen molar-refractivity contribution < 1.29 is 4.74 Å². The molecule has 1 aromatic heterocycles. The summed E-state index contributed by atoms with van der Waals surface area (Å²) >= 11 is 3.37. The first-order valence-corrected chi connectivity index (χ1v) is 6.39. The van der Waals surface area contributed by atoms with Gasteiger partial charge in [0.15, 0.2) is 0 Å². The van der Waals surface area contributed by atoms with E-state index in [9.17, 15) is 0 Å². The summed E-state index contributed by atoms with van der Waals surface area (Å²) in [6.07, 6.45) is 1.97. The summed E-state index contributed by atoms with van der Waals surface area (Å²) < 4.78 is 8.64. The summed E-state index contributed by atoms with van der Waals surface area (Å²) in [5.41, 5.74) is 1.20. The molecule has 4 heteroatoms. The van der Waals surface area contributed by atoms with Crippen LogP contribution in [0.2, 0.25) is 0 Å². The number of ether oxygens (including phenoxy) is 1. The van der Waals surface area contributed by atoms with E-state index in [2.05, 4.69) is 45.4 Å². The summed E-state index contributed by atoms with van der Waals surface area (Å²) in [5, 5.41) is 0. The second kappa shape index (κ2) is 5.36. The molecular formula is C13H15BrN2O. The Kier molecular flexibility index (Phi) is 3.84. The van der Waals surface area contributed by atoms with Crippen molar-refractivity contribution >= 4 is 15.9 Å². The van der Waals surface area contributed by atoms with Gasteiger partial charge in [-0.2, -0.15) is 0 Å². The first-order chi connectivity index (χ1) is 8.19. The quantitative estimate of drug-likeness (QED) is 0.862. The van der Waals surface area contributed by atoms with Crippen molar-refractivity contribution in [3.8, 4) is 5.75 Å². The standard InChI is InChI=1S/C13H15BrN2O/c1-3-16-8-12(14)15-13(16)9-17-11-6-4-5-10(2)7-11/h4-8H,3,9H2,1-2H3. The average molecular weight is 295 g/mol. The van der Waals surface area contributed by atoms with Gasteiger partial charge in [0.25, 0.3) is 0 Å². The van der Waals surface area contributed by atoms with Crippen LogP contribution >= 0.6 is 15.9 Å². The van der Waals surface area contributed by atoms with Crippen molar-refractivity contribution in [2.45, 2.75) is 27.0 Å². The number of nitrogens with zero attached hydrogens (tertiary/aromatic N) is 2. The first kappa shape index (κ1) is 12.2. The summed E-state index contributed by atoms with van der Waals surface area (Å²) in [7, 11) is 0. The molecule has 3 nitrogen and oxygen atoms in total. The summed E-state index contributed by atoms with van der Waals surface area (Å²) in [6, 6.07) is 8.03. The number of halogens is 1. The third-order valence-electron chi connectivity index (χ3n) is 2.53. The molecule has 0 saturated carbocycles. The predicted molar refractivity (Wildman–Crippen MR) is 71.1 cm³/mol. The van der Waals surface area contributed by atoms with Crippen LogP contribution in [0, 0.1) is 6.92 Å². The molecule has 1 aromatic carbocycles. The zero-order valence-electron chi connectivity index (χ0n) is 9.98. The fraction of sp³-hybridized carbons (Fsp3) is 0.308. The molecule has 0 fully saturated rings. The molecule has 0 aliphatic heterocycles. The first-order valence-electron chi connectivity index (χ1n) is 5.60. The molecule has 0 N–H and O–H groups in total. The molecule has 0 amide bonds. The van der Waals surface area contributed by atoms with E-state index in [1.807, 2.05) is 24.4 Å². The molecule has 0 unspecified atom stereocenters. The van der Waals surface area contributed by atoms with Gasteiger partial charge >= 0.3 is 0 Å². The zero-order chi connectivity index (χ0) is 12.3. The van der Waals surface area contributed by atoms with E-state index >= 15 is 0 Å². The largest absolute Gasteiger partial charge is 0.486 e. The second-order valence-corrected chi connectivity index (χ2v) is 4.68. The van der Waals surface area contributed by atoms with Gasteiger partial charge in [0.2, 0.25) is 0 Å². The van der Waals surface area contributed by atoms with Gasteiger partial charge in [-0.3, -0.25) is 0 Å². The zero-order valence-corrected chi connectivity index (χ0v) is 11.6. The van der Waals surface area contributed by atoms with Crippen LogP contribution in [0.1, 0.15) is 18.3 Å². The lowest BCUT2D eigenvalue weighted by Crippen LogP contribution is -2.05. The number of hydrogen-bond donors (Lipinski definition) is 0. The highest BCUT2D eigenvalue weighted by atomic mass is 79.9. The van der Waals surface area contributed by atoms with Gasteiger partial charge in [-0.05, 0) is 47.5 Å². The Bertz CT molecular complexity index is 508. The Morgan fingerprint density at radius 2 is 2.24 bits per heavy atom. The normalized spacial score (nSPS) is 10.5. The fourth-order valence-corrected chi connectivity index (χ4v) is 2.11. The maximum Gasteiger partial charge on any atom is 0.148 e. The molecule has 0 atom stereocenters. The molecule has 1 heterocycles. The molecule has 0 radical (unpaired) electrons. The van der Waals surface area contributed by atoms with E-state index in [1.165, 1.54) is 5.56 Å². The highest BCUT2D eigenvalue weighted by molar-refractivity contribution is 9.10. The Labute approximate surface area is 110 Å². The molecule has 0 bridgehead atoms. The molecule has 2 rings (SSSR count). The van der Waals surface area contributed by atoms with Crippen LogP contribution in [0.5, 0.6) is 5.75 Å². The highest BCUT2D eigenvalue weighted by Gasteiger charge is 2.05. The van der Waals surface area contributed by atoms with Crippen molar-refractivity contribution in [2.24, 2.45) is 0 Å². The van der Waals surface area contributed by atoms with Crippen molar-refractivity contribution in [1.29, 1.82) is 0 Å². The van der Waals surface area contributed by atoms with Crippen LogP contribution in [0.15, 0.2) is 35.1 Å². The second-order valence-electron chi connectivity index (χ2n) is 3.87. The van der Waals surface area contributed by atoms with Gasteiger partial charge in [0.1, 0.15) is 22.8 Å². The maximum atomic E-state index is 5.72. The maximum absolute atomic E-state index is 5.72. The molecule has 0 aliphatic carbocycles. The highest BCUT2D eigenvalue weighted by Crippen LogP contribution is 2.16. The lowest BCUT2D eigenvalue weighted by Gasteiger charge is -2.07. The number of aromatic nitrogens is 2. The minimum absolute atomic E-state index is 0.489. The Hall–Kier alpha value is -1.29. The third-order valence-corrected chi connectivity index (χ3v) is 2.91. The van der Waals surface area contributed by atoms with E-state index in [1.54, 1.807) is 0 Å². The summed E-state index contributed by atoms with van der Waals surface area (Å²) in [6.45, 7) is 5.52. The number of benzene rings is 1. The molecule has 17 heavy (non-hydrogen) atoms. The number of hydrogen-bond acceptors (Lipinski definition) is 2. The average Bonchev–Trinajstić information content (AvgIpc) is 2.67. The Morgan fingerprint density at radius 3 is 2.94 bits per heavy atom. The van der Waals surface area contributed by atoms with Crippen LogP contribution < -0.4 is 4.74 Å². The lowest BCUT2D eigenvalue weighted by atomic mass is 10.2. The van der Waals surface area contributed by atoms with Crippen LogP contribution in [0.4, 0.5) is 0 Å². The van der Waals surface area contributed by atoms with Gasteiger partial charge in [-0.15, -0.1) is 0 Å². The summed E-state index contributed by atoms with van der Waals surface area (Å²) in [4.78, 5) is 4.37. The van der Waals surface area contributed by atoms with Crippen LogP contribution in [-0.2, 0) is 13.2 Å². The van der Waals surface area contributed by atoms with E-state index in [0.29, 0.717) is 6.61 Å². The van der Waals surface area contributed by atoms with Crippen LogP contribution in [0.3, 0.4) is 0 Å². The topological polar surface area (TPSA) is 27.1 Å². The van der Waals surface area contributed by atoms with Gasteiger partial charge in [-0.25, -0.2) is 4.98 Å². The Balaban J connectivity index is 2.06. The number of imidazole rings is 1. The van der Waals surface area contributed by atoms with E-state index in [0.717, 1.165) is 22.7 Å². The lowest BCUT2D eigenvalue weighted by molar-refractivity contribution is 0.289. The molecule has 2 aromatic rings. The van der Waals surface area contributed by atoms with Gasteiger partial charge in [0.05, 0.1) is 0 Å². The third kappa shape index (κ3) is 3.09. The van der Waals surface area contributed by atoms with Crippen molar-refractivity contribution in [2.75, 3.05) is 0 Å². The predicted octanol–water partition coefficient (Wildman–Crippen LogP) is 3.55. The van der Waals surface area contributed by atoms with E-state index in [4.69, 9.17) is 4.74 Å². The number of aryl methyl sites for hydroxylation is 2. The van der Waals surface area contributed by atoms with Crippen molar-refractivity contribution in [3.63, 3.8) is 0 Å². The smallest absolute Gasteiger partial charge is 0.148 e. The molecule has 0 spiro atoms.